The molecule has 0 bridgehead atoms. The smallest absolute Gasteiger partial charge is 0.269 e. The van der Waals surface area contributed by atoms with E-state index in [1.54, 1.807) is 24.4 Å². The molecular weight excluding hydrogens is 332 g/mol. The van der Waals surface area contributed by atoms with Crippen molar-refractivity contribution in [3.05, 3.63) is 47.5 Å². The minimum atomic E-state index is -0.206. The fourth-order valence-corrected chi connectivity index (χ4v) is 3.55. The first kappa shape index (κ1) is 17.2. The molecule has 0 aromatic carbocycles. The number of rotatable bonds is 5. The van der Waals surface area contributed by atoms with E-state index in [4.69, 9.17) is 14.6 Å². The number of aromatic nitrogens is 3. The molecule has 0 aliphatic carbocycles. The molecule has 4 rings (SSSR count). The summed E-state index contributed by atoms with van der Waals surface area (Å²) in [5, 5.41) is 7.67. The van der Waals surface area contributed by atoms with Gasteiger partial charge in [-0.05, 0) is 42.9 Å². The van der Waals surface area contributed by atoms with Crippen molar-refractivity contribution in [2.45, 2.75) is 31.9 Å². The lowest BCUT2D eigenvalue weighted by molar-refractivity contribution is 0.0378. The number of hydrogen-bond acceptors (Lipinski definition) is 5. The van der Waals surface area contributed by atoms with Gasteiger partial charge in [-0.2, -0.15) is 5.10 Å². The molecule has 7 heteroatoms. The van der Waals surface area contributed by atoms with Crippen molar-refractivity contribution < 1.29 is 14.3 Å². The van der Waals surface area contributed by atoms with E-state index >= 15 is 0 Å². The second-order valence-corrected chi connectivity index (χ2v) is 6.85. The number of carbonyl (C=O) groups is 1. The summed E-state index contributed by atoms with van der Waals surface area (Å²) in [5.41, 5.74) is 2.58. The minimum Gasteiger partial charge on any atom is -0.381 e. The molecule has 1 saturated heterocycles. The lowest BCUT2D eigenvalue weighted by Gasteiger charge is -2.22. The third-order valence-corrected chi connectivity index (χ3v) is 5.00. The summed E-state index contributed by atoms with van der Waals surface area (Å²) in [5.74, 6) is 0.427. The quantitative estimate of drug-likeness (QED) is 0.883. The van der Waals surface area contributed by atoms with Crippen LogP contribution >= 0.6 is 0 Å². The Kier molecular flexibility index (Phi) is 5.26. The van der Waals surface area contributed by atoms with E-state index in [9.17, 15) is 4.79 Å². The minimum absolute atomic E-state index is 0.192. The van der Waals surface area contributed by atoms with Gasteiger partial charge in [-0.15, -0.1) is 0 Å². The average Bonchev–Trinajstić information content (AvgIpc) is 3.10. The van der Waals surface area contributed by atoms with Crippen LogP contribution in [0.15, 0.2) is 30.6 Å². The SMILES string of the molecule is O=C(NC[C@H]1OCCc2cn(CC3CCOCC3)nc21)c1ccccn1. The maximum Gasteiger partial charge on any atom is 0.269 e. The van der Waals surface area contributed by atoms with Gasteiger partial charge >= 0.3 is 0 Å². The van der Waals surface area contributed by atoms with E-state index in [0.29, 0.717) is 24.8 Å². The molecule has 1 atom stereocenters. The lowest BCUT2D eigenvalue weighted by Crippen LogP contribution is -2.32. The Morgan fingerprint density at radius 3 is 2.96 bits per heavy atom. The largest absolute Gasteiger partial charge is 0.381 e. The Morgan fingerprint density at radius 2 is 2.15 bits per heavy atom. The number of carbonyl (C=O) groups excluding carboxylic acids is 1. The van der Waals surface area contributed by atoms with E-state index in [2.05, 4.69) is 16.5 Å². The number of nitrogens with one attached hydrogen (secondary N) is 1. The summed E-state index contributed by atoms with van der Waals surface area (Å²) in [6.07, 6.45) is 6.59. The molecule has 26 heavy (non-hydrogen) atoms. The standard InChI is InChI=1S/C19H24N4O3/c24-19(16-3-1-2-7-20-16)21-11-17-18-15(6-10-26-17)13-23(22-18)12-14-4-8-25-9-5-14/h1-3,7,13-14,17H,4-6,8-12H2,(H,21,24)/t17-/m1/s1. The first-order chi connectivity index (χ1) is 12.8. The average molecular weight is 356 g/mol. The topological polar surface area (TPSA) is 78.3 Å². The Balaban J connectivity index is 1.39. The van der Waals surface area contributed by atoms with E-state index in [1.807, 2.05) is 4.68 Å². The fraction of sp³-hybridized carbons (Fsp3) is 0.526. The normalized spacial score (nSPS) is 20.5. The van der Waals surface area contributed by atoms with Crippen LogP contribution in [0, 0.1) is 5.92 Å². The van der Waals surface area contributed by atoms with Gasteiger partial charge in [0, 0.05) is 38.7 Å². The number of ether oxygens (including phenoxy) is 2. The Morgan fingerprint density at radius 1 is 1.27 bits per heavy atom. The van der Waals surface area contributed by atoms with Crippen molar-refractivity contribution in [3.8, 4) is 0 Å². The third kappa shape index (κ3) is 3.94. The van der Waals surface area contributed by atoms with Crippen LogP contribution in [0.25, 0.3) is 0 Å². The second kappa shape index (κ2) is 7.97. The van der Waals surface area contributed by atoms with Crippen LogP contribution in [0.5, 0.6) is 0 Å². The van der Waals surface area contributed by atoms with Crippen LogP contribution in [-0.4, -0.2) is 47.0 Å². The van der Waals surface area contributed by atoms with E-state index in [0.717, 1.165) is 44.7 Å². The van der Waals surface area contributed by atoms with Gasteiger partial charge in [0.15, 0.2) is 0 Å². The summed E-state index contributed by atoms with van der Waals surface area (Å²) in [6.45, 7) is 3.66. The zero-order valence-electron chi connectivity index (χ0n) is 14.8. The summed E-state index contributed by atoms with van der Waals surface area (Å²) in [7, 11) is 0. The molecular formula is C19H24N4O3. The van der Waals surface area contributed by atoms with Gasteiger partial charge in [0.1, 0.15) is 11.8 Å². The highest BCUT2D eigenvalue weighted by Crippen LogP contribution is 2.26. The predicted molar refractivity (Wildman–Crippen MR) is 94.7 cm³/mol. The van der Waals surface area contributed by atoms with Crippen molar-refractivity contribution in [2.75, 3.05) is 26.4 Å². The molecule has 0 saturated carbocycles. The van der Waals surface area contributed by atoms with Gasteiger partial charge in [0.05, 0.1) is 12.3 Å². The van der Waals surface area contributed by atoms with Crippen LogP contribution in [0.2, 0.25) is 0 Å². The summed E-state index contributed by atoms with van der Waals surface area (Å²) in [4.78, 5) is 16.3. The van der Waals surface area contributed by atoms with Gasteiger partial charge in [-0.1, -0.05) is 6.07 Å². The Hall–Kier alpha value is -2.25. The number of amides is 1. The van der Waals surface area contributed by atoms with Crippen LogP contribution in [-0.2, 0) is 22.4 Å². The predicted octanol–water partition coefficient (Wildman–Crippen LogP) is 1.75. The van der Waals surface area contributed by atoms with Gasteiger partial charge < -0.3 is 14.8 Å². The molecule has 1 N–H and O–H groups in total. The van der Waals surface area contributed by atoms with Gasteiger partial charge in [-0.3, -0.25) is 14.5 Å². The number of pyridine rings is 1. The van der Waals surface area contributed by atoms with Gasteiger partial charge in [-0.25, -0.2) is 0 Å². The van der Waals surface area contributed by atoms with E-state index in [-0.39, 0.29) is 12.0 Å². The zero-order chi connectivity index (χ0) is 17.8. The molecule has 0 spiro atoms. The molecule has 0 unspecified atom stereocenters. The summed E-state index contributed by atoms with van der Waals surface area (Å²) in [6, 6.07) is 5.29. The number of nitrogens with zero attached hydrogens (tertiary/aromatic N) is 3. The van der Waals surface area contributed by atoms with Crippen molar-refractivity contribution >= 4 is 5.91 Å². The number of fused-ring (bicyclic) bond motifs is 1. The molecule has 2 aliphatic rings. The Bertz CT molecular complexity index is 740. The highest BCUT2D eigenvalue weighted by Gasteiger charge is 2.26. The van der Waals surface area contributed by atoms with Crippen LogP contribution in [0.1, 0.15) is 40.7 Å². The number of hydrogen-bond donors (Lipinski definition) is 1. The maximum absolute atomic E-state index is 12.2. The molecule has 2 aromatic heterocycles. The molecule has 2 aliphatic heterocycles. The first-order valence-corrected chi connectivity index (χ1v) is 9.24. The van der Waals surface area contributed by atoms with E-state index in [1.165, 1.54) is 5.56 Å². The second-order valence-electron chi connectivity index (χ2n) is 6.85. The molecule has 4 heterocycles. The highest BCUT2D eigenvalue weighted by molar-refractivity contribution is 5.92. The molecule has 1 fully saturated rings. The van der Waals surface area contributed by atoms with E-state index < -0.39 is 0 Å². The fourth-order valence-electron chi connectivity index (χ4n) is 3.55. The van der Waals surface area contributed by atoms with Crippen molar-refractivity contribution in [3.63, 3.8) is 0 Å². The molecule has 138 valence electrons. The van der Waals surface area contributed by atoms with Crippen LogP contribution in [0.3, 0.4) is 0 Å². The highest BCUT2D eigenvalue weighted by atomic mass is 16.5. The van der Waals surface area contributed by atoms with Gasteiger partial charge in [0.2, 0.25) is 0 Å². The van der Waals surface area contributed by atoms with Crippen LogP contribution in [0.4, 0.5) is 0 Å². The Labute approximate surface area is 152 Å². The molecule has 0 radical (unpaired) electrons. The van der Waals surface area contributed by atoms with Crippen molar-refractivity contribution in [2.24, 2.45) is 5.92 Å². The first-order valence-electron chi connectivity index (χ1n) is 9.24. The lowest BCUT2D eigenvalue weighted by atomic mass is 10.0. The molecule has 2 aromatic rings. The zero-order valence-corrected chi connectivity index (χ0v) is 14.8. The monoisotopic (exact) mass is 356 g/mol. The molecule has 7 nitrogen and oxygen atoms in total. The van der Waals surface area contributed by atoms with Crippen LogP contribution < -0.4 is 5.32 Å². The summed E-state index contributed by atoms with van der Waals surface area (Å²) < 4.78 is 13.3. The van der Waals surface area contributed by atoms with Gasteiger partial charge in [0.25, 0.3) is 5.91 Å². The molecule has 1 amide bonds. The van der Waals surface area contributed by atoms with Crippen molar-refractivity contribution in [1.29, 1.82) is 0 Å². The van der Waals surface area contributed by atoms with Crippen molar-refractivity contribution in [1.82, 2.24) is 20.1 Å². The summed E-state index contributed by atoms with van der Waals surface area (Å²) >= 11 is 0. The maximum atomic E-state index is 12.2. The third-order valence-electron chi connectivity index (χ3n) is 5.00.